The fraction of sp³-hybridized carbons (Fsp3) is 0.0909. The van der Waals surface area contributed by atoms with Gasteiger partial charge < -0.3 is 0 Å². The van der Waals surface area contributed by atoms with Gasteiger partial charge in [0.15, 0.2) is 5.82 Å². The summed E-state index contributed by atoms with van der Waals surface area (Å²) in [6.45, 7) is 2.02. The van der Waals surface area contributed by atoms with Crippen LogP contribution in [0.4, 0.5) is 0 Å². The summed E-state index contributed by atoms with van der Waals surface area (Å²) in [5.74, 6) is 0.662. The van der Waals surface area contributed by atoms with Gasteiger partial charge in [-0.05, 0) is 53.3 Å². The monoisotopic (exact) mass is 408 g/mol. The van der Waals surface area contributed by atoms with Crippen LogP contribution in [-0.4, -0.2) is 9.97 Å². The molecule has 2 nitrogen and oxygen atoms in total. The van der Waals surface area contributed by atoms with E-state index in [0.717, 1.165) is 19.2 Å². The van der Waals surface area contributed by atoms with E-state index in [1.165, 1.54) is 0 Å². The molecule has 1 aromatic carbocycles. The van der Waals surface area contributed by atoms with Gasteiger partial charge in [-0.3, -0.25) is 0 Å². The topological polar surface area (TPSA) is 25.8 Å². The fourth-order valence-electron chi connectivity index (χ4n) is 1.35. The molecule has 0 bridgehead atoms. The molecule has 2 aromatic rings. The average molecular weight is 409 g/mol. The Kier molecular flexibility index (Phi) is 3.81. The minimum absolute atomic E-state index is 0.493. The summed E-state index contributed by atoms with van der Waals surface area (Å²) in [5, 5.41) is 0.493. The first kappa shape index (κ1) is 12.3. The molecule has 82 valence electrons. The van der Waals surface area contributed by atoms with E-state index in [-0.39, 0.29) is 0 Å². The lowest BCUT2D eigenvalue weighted by Gasteiger charge is -2.05. The summed E-state index contributed by atoms with van der Waals surface area (Å²) in [7, 11) is 0. The summed E-state index contributed by atoms with van der Waals surface area (Å²) in [6, 6.07) is 5.99. The van der Waals surface area contributed by atoms with Gasteiger partial charge >= 0.3 is 0 Å². The van der Waals surface area contributed by atoms with Crippen molar-refractivity contribution >= 4 is 50.1 Å². The number of aryl methyl sites for hydroxylation is 1. The molecule has 0 spiro atoms. The zero-order valence-electron chi connectivity index (χ0n) is 8.34. The van der Waals surface area contributed by atoms with Crippen LogP contribution in [0.3, 0.4) is 0 Å². The largest absolute Gasteiger partial charge is 0.235 e. The standard InChI is InChI=1S/C11H7BrClIN2/c1-6-4-7(12)2-3-8(6)11-15-5-9(14)10(13)16-11/h2-5H,1H3. The van der Waals surface area contributed by atoms with Gasteiger partial charge in [0, 0.05) is 16.2 Å². The molecule has 0 aliphatic heterocycles. The molecule has 0 saturated carbocycles. The lowest BCUT2D eigenvalue weighted by Crippen LogP contribution is -1.93. The SMILES string of the molecule is Cc1cc(Br)ccc1-c1ncc(I)c(Cl)n1. The van der Waals surface area contributed by atoms with E-state index in [4.69, 9.17) is 11.6 Å². The smallest absolute Gasteiger partial charge is 0.161 e. The number of aromatic nitrogens is 2. The fourth-order valence-corrected chi connectivity index (χ4v) is 2.22. The first-order valence-electron chi connectivity index (χ1n) is 4.52. The molecular weight excluding hydrogens is 402 g/mol. The third-order valence-electron chi connectivity index (χ3n) is 2.13. The van der Waals surface area contributed by atoms with Crippen LogP contribution in [0.25, 0.3) is 11.4 Å². The maximum Gasteiger partial charge on any atom is 0.161 e. The zero-order valence-corrected chi connectivity index (χ0v) is 12.8. The molecular formula is C11H7BrClIN2. The van der Waals surface area contributed by atoms with Crippen LogP contribution >= 0.6 is 50.1 Å². The van der Waals surface area contributed by atoms with Gasteiger partial charge in [0.25, 0.3) is 0 Å². The molecule has 0 saturated heterocycles. The van der Waals surface area contributed by atoms with Gasteiger partial charge in [-0.25, -0.2) is 9.97 Å². The van der Waals surface area contributed by atoms with E-state index in [2.05, 4.69) is 48.5 Å². The number of hydrogen-bond donors (Lipinski definition) is 0. The first-order valence-corrected chi connectivity index (χ1v) is 6.77. The second-order valence-electron chi connectivity index (χ2n) is 3.29. The van der Waals surface area contributed by atoms with Crippen molar-refractivity contribution in [3.63, 3.8) is 0 Å². The maximum atomic E-state index is 5.98. The number of rotatable bonds is 1. The molecule has 2 rings (SSSR count). The molecule has 1 heterocycles. The summed E-state index contributed by atoms with van der Waals surface area (Å²) in [6.07, 6.45) is 1.73. The van der Waals surface area contributed by atoms with E-state index < -0.39 is 0 Å². The molecule has 5 heteroatoms. The third kappa shape index (κ3) is 2.55. The highest BCUT2D eigenvalue weighted by molar-refractivity contribution is 14.1. The lowest BCUT2D eigenvalue weighted by atomic mass is 10.1. The minimum atomic E-state index is 0.493. The summed E-state index contributed by atoms with van der Waals surface area (Å²) >= 11 is 11.5. The molecule has 0 N–H and O–H groups in total. The van der Waals surface area contributed by atoms with Gasteiger partial charge in [-0.15, -0.1) is 0 Å². The molecule has 1 aromatic heterocycles. The molecule has 16 heavy (non-hydrogen) atoms. The van der Waals surface area contributed by atoms with Gasteiger partial charge in [0.2, 0.25) is 0 Å². The van der Waals surface area contributed by atoms with Gasteiger partial charge in [0.1, 0.15) is 5.15 Å². The van der Waals surface area contributed by atoms with E-state index in [1.54, 1.807) is 6.20 Å². The highest BCUT2D eigenvalue weighted by Crippen LogP contribution is 2.25. The second-order valence-corrected chi connectivity index (χ2v) is 5.73. The van der Waals surface area contributed by atoms with Gasteiger partial charge in [-0.2, -0.15) is 0 Å². The van der Waals surface area contributed by atoms with E-state index >= 15 is 0 Å². The van der Waals surface area contributed by atoms with Crippen LogP contribution in [0.1, 0.15) is 5.56 Å². The van der Waals surface area contributed by atoms with Crippen molar-refractivity contribution in [2.24, 2.45) is 0 Å². The Bertz CT molecular complexity index is 546. The number of benzene rings is 1. The predicted molar refractivity (Wildman–Crippen MR) is 77.6 cm³/mol. The average Bonchev–Trinajstić information content (AvgIpc) is 2.22. The Morgan fingerprint density at radius 1 is 1.38 bits per heavy atom. The van der Waals surface area contributed by atoms with Gasteiger partial charge in [-0.1, -0.05) is 27.5 Å². The number of halogens is 3. The van der Waals surface area contributed by atoms with E-state index in [0.29, 0.717) is 11.0 Å². The van der Waals surface area contributed by atoms with Crippen molar-refractivity contribution in [1.82, 2.24) is 9.97 Å². The molecule has 0 aliphatic carbocycles. The molecule has 0 amide bonds. The minimum Gasteiger partial charge on any atom is -0.235 e. The normalized spacial score (nSPS) is 10.5. The van der Waals surface area contributed by atoms with Crippen molar-refractivity contribution < 1.29 is 0 Å². The Hall–Kier alpha value is -0.200. The third-order valence-corrected chi connectivity index (χ3v) is 4.02. The lowest BCUT2D eigenvalue weighted by molar-refractivity contribution is 1.15. The summed E-state index contributed by atoms with van der Waals surface area (Å²) in [4.78, 5) is 8.55. The number of nitrogens with zero attached hydrogens (tertiary/aromatic N) is 2. The van der Waals surface area contributed by atoms with Crippen LogP contribution < -0.4 is 0 Å². The summed E-state index contributed by atoms with van der Waals surface area (Å²) < 4.78 is 1.91. The van der Waals surface area contributed by atoms with Crippen LogP contribution in [0.2, 0.25) is 5.15 Å². The number of hydrogen-bond acceptors (Lipinski definition) is 2. The highest BCUT2D eigenvalue weighted by Gasteiger charge is 2.07. The van der Waals surface area contributed by atoms with Crippen molar-refractivity contribution in [2.45, 2.75) is 6.92 Å². The van der Waals surface area contributed by atoms with Crippen molar-refractivity contribution in [3.05, 3.63) is 43.2 Å². The molecule has 0 atom stereocenters. The predicted octanol–water partition coefficient (Wildman–Crippen LogP) is 4.47. The van der Waals surface area contributed by atoms with Crippen molar-refractivity contribution in [1.29, 1.82) is 0 Å². The molecule has 0 fully saturated rings. The quantitative estimate of drug-likeness (QED) is 0.513. The second kappa shape index (κ2) is 4.98. The Balaban J connectivity index is 2.54. The summed E-state index contributed by atoms with van der Waals surface area (Å²) in [5.41, 5.74) is 2.12. The van der Waals surface area contributed by atoms with E-state index in [9.17, 15) is 0 Å². The Morgan fingerprint density at radius 2 is 2.12 bits per heavy atom. The van der Waals surface area contributed by atoms with Crippen LogP contribution in [0.15, 0.2) is 28.9 Å². The van der Waals surface area contributed by atoms with E-state index in [1.807, 2.05) is 25.1 Å². The first-order chi connectivity index (χ1) is 7.58. The molecule has 0 radical (unpaired) electrons. The zero-order chi connectivity index (χ0) is 11.7. The van der Waals surface area contributed by atoms with Crippen molar-refractivity contribution in [2.75, 3.05) is 0 Å². The maximum absolute atomic E-state index is 5.98. The van der Waals surface area contributed by atoms with Crippen LogP contribution in [-0.2, 0) is 0 Å². The van der Waals surface area contributed by atoms with Crippen LogP contribution in [0, 0.1) is 10.5 Å². The van der Waals surface area contributed by atoms with Crippen LogP contribution in [0.5, 0.6) is 0 Å². The Labute approximate surface area is 121 Å². The van der Waals surface area contributed by atoms with Gasteiger partial charge in [0.05, 0.1) is 3.57 Å². The highest BCUT2D eigenvalue weighted by atomic mass is 127. The Morgan fingerprint density at radius 3 is 2.75 bits per heavy atom. The molecule has 0 aliphatic rings. The van der Waals surface area contributed by atoms with Crippen molar-refractivity contribution in [3.8, 4) is 11.4 Å². The molecule has 0 unspecified atom stereocenters.